The van der Waals surface area contributed by atoms with Crippen molar-refractivity contribution in [3.63, 3.8) is 0 Å². The minimum absolute atomic E-state index is 0.120. The van der Waals surface area contributed by atoms with Crippen LogP contribution in [0.1, 0.15) is 33.1 Å². The van der Waals surface area contributed by atoms with Crippen molar-refractivity contribution < 1.29 is 9.53 Å². The molecule has 0 aromatic heterocycles. The Morgan fingerprint density at radius 3 is 2.75 bits per heavy atom. The van der Waals surface area contributed by atoms with Crippen LogP contribution >= 0.6 is 0 Å². The smallest absolute Gasteiger partial charge is 0.307 e. The van der Waals surface area contributed by atoms with Crippen molar-refractivity contribution in [3.8, 4) is 0 Å². The molecule has 1 rings (SSSR count). The summed E-state index contributed by atoms with van der Waals surface area (Å²) in [4.78, 5) is 10.9. The van der Waals surface area contributed by atoms with E-state index in [9.17, 15) is 4.79 Å². The molecule has 1 atom stereocenters. The molecule has 1 unspecified atom stereocenters. The maximum absolute atomic E-state index is 10.9. The Hall–Kier alpha value is -0.570. The van der Waals surface area contributed by atoms with Crippen LogP contribution in [-0.4, -0.2) is 24.7 Å². The molecular weight excluding hydrogens is 154 g/mol. The molecule has 0 saturated carbocycles. The summed E-state index contributed by atoms with van der Waals surface area (Å²) in [6, 6.07) is 0.312. The zero-order valence-electron chi connectivity index (χ0n) is 8.02. The number of nitrogens with one attached hydrogen (secondary N) is 1. The molecule has 1 heterocycles. The second kappa shape index (κ2) is 3.44. The highest BCUT2D eigenvalue weighted by Crippen LogP contribution is 2.23. The predicted molar refractivity (Wildman–Crippen MR) is 46.9 cm³/mol. The SMILES string of the molecule is COC(=O)CC1CCC(C)(C)N1. The van der Waals surface area contributed by atoms with Gasteiger partial charge in [-0.15, -0.1) is 0 Å². The lowest BCUT2D eigenvalue weighted by atomic mass is 10.0. The first-order valence-electron chi connectivity index (χ1n) is 4.38. The van der Waals surface area contributed by atoms with Crippen molar-refractivity contribution in [2.24, 2.45) is 0 Å². The normalized spacial score (nSPS) is 27.1. The number of hydrogen-bond donors (Lipinski definition) is 1. The molecular formula is C9H17NO2. The summed E-state index contributed by atoms with van der Waals surface area (Å²) >= 11 is 0. The third-order valence-corrected chi connectivity index (χ3v) is 2.35. The van der Waals surface area contributed by atoms with Crippen LogP contribution in [0.15, 0.2) is 0 Å². The quantitative estimate of drug-likeness (QED) is 0.632. The topological polar surface area (TPSA) is 38.3 Å². The minimum atomic E-state index is -0.120. The molecule has 3 heteroatoms. The van der Waals surface area contributed by atoms with Gasteiger partial charge in [-0.05, 0) is 26.7 Å². The Morgan fingerprint density at radius 1 is 1.67 bits per heavy atom. The first-order chi connectivity index (χ1) is 5.53. The Bertz CT molecular complexity index is 177. The molecule has 0 amide bonds. The molecule has 0 bridgehead atoms. The zero-order chi connectivity index (χ0) is 9.19. The van der Waals surface area contributed by atoms with Crippen molar-refractivity contribution in [1.29, 1.82) is 0 Å². The molecule has 1 aliphatic heterocycles. The summed E-state index contributed by atoms with van der Waals surface area (Å²) in [7, 11) is 1.43. The van der Waals surface area contributed by atoms with Gasteiger partial charge >= 0.3 is 5.97 Å². The lowest BCUT2D eigenvalue weighted by Crippen LogP contribution is -2.38. The van der Waals surface area contributed by atoms with Crippen molar-refractivity contribution in [3.05, 3.63) is 0 Å². The van der Waals surface area contributed by atoms with E-state index in [1.165, 1.54) is 7.11 Å². The van der Waals surface area contributed by atoms with Gasteiger partial charge in [0.2, 0.25) is 0 Å². The summed E-state index contributed by atoms with van der Waals surface area (Å²) < 4.78 is 4.60. The largest absolute Gasteiger partial charge is 0.469 e. The molecule has 0 radical (unpaired) electrons. The van der Waals surface area contributed by atoms with E-state index in [0.717, 1.165) is 12.8 Å². The van der Waals surface area contributed by atoms with Crippen LogP contribution in [0, 0.1) is 0 Å². The minimum Gasteiger partial charge on any atom is -0.469 e. The van der Waals surface area contributed by atoms with E-state index in [0.29, 0.717) is 12.5 Å². The summed E-state index contributed by atoms with van der Waals surface area (Å²) in [6.07, 6.45) is 2.71. The number of methoxy groups -OCH3 is 1. The molecule has 3 nitrogen and oxygen atoms in total. The molecule has 1 fully saturated rings. The van der Waals surface area contributed by atoms with Crippen LogP contribution in [0.5, 0.6) is 0 Å². The van der Waals surface area contributed by atoms with Crippen molar-refractivity contribution in [2.45, 2.75) is 44.7 Å². The summed E-state index contributed by atoms with van der Waals surface area (Å²) in [5.74, 6) is -0.120. The summed E-state index contributed by atoms with van der Waals surface area (Å²) in [5.41, 5.74) is 0.193. The number of carbonyl (C=O) groups excluding carboxylic acids is 1. The number of ether oxygens (including phenoxy) is 1. The highest BCUT2D eigenvalue weighted by atomic mass is 16.5. The number of hydrogen-bond acceptors (Lipinski definition) is 3. The van der Waals surface area contributed by atoms with Crippen LogP contribution in [-0.2, 0) is 9.53 Å². The van der Waals surface area contributed by atoms with Crippen LogP contribution in [0.4, 0.5) is 0 Å². The van der Waals surface area contributed by atoms with Gasteiger partial charge in [-0.1, -0.05) is 0 Å². The van der Waals surface area contributed by atoms with Gasteiger partial charge in [0.05, 0.1) is 13.5 Å². The van der Waals surface area contributed by atoms with Crippen molar-refractivity contribution in [1.82, 2.24) is 5.32 Å². The fourth-order valence-electron chi connectivity index (χ4n) is 1.67. The summed E-state index contributed by atoms with van der Waals surface area (Å²) in [6.45, 7) is 4.31. The maximum Gasteiger partial charge on any atom is 0.307 e. The second-order valence-electron chi connectivity index (χ2n) is 4.04. The highest BCUT2D eigenvalue weighted by molar-refractivity contribution is 5.70. The number of carbonyl (C=O) groups is 1. The van der Waals surface area contributed by atoms with Crippen molar-refractivity contribution >= 4 is 5.97 Å². The number of esters is 1. The van der Waals surface area contributed by atoms with E-state index >= 15 is 0 Å². The van der Waals surface area contributed by atoms with E-state index in [1.54, 1.807) is 0 Å². The maximum atomic E-state index is 10.9. The highest BCUT2D eigenvalue weighted by Gasteiger charge is 2.30. The summed E-state index contributed by atoms with van der Waals surface area (Å²) in [5, 5.41) is 3.39. The van der Waals surface area contributed by atoms with E-state index in [1.807, 2.05) is 0 Å². The zero-order valence-corrected chi connectivity index (χ0v) is 8.02. The second-order valence-corrected chi connectivity index (χ2v) is 4.04. The molecule has 70 valence electrons. The Balaban J connectivity index is 2.33. The average Bonchev–Trinajstić information content (AvgIpc) is 2.30. The Kier molecular flexibility index (Phi) is 2.73. The number of rotatable bonds is 2. The van der Waals surface area contributed by atoms with E-state index < -0.39 is 0 Å². The Labute approximate surface area is 73.5 Å². The predicted octanol–water partition coefficient (Wildman–Crippen LogP) is 1.08. The van der Waals surface area contributed by atoms with Gasteiger partial charge in [0.25, 0.3) is 0 Å². The first-order valence-corrected chi connectivity index (χ1v) is 4.38. The van der Waals surface area contributed by atoms with Gasteiger partial charge in [-0.2, -0.15) is 0 Å². The van der Waals surface area contributed by atoms with Gasteiger partial charge in [0.15, 0.2) is 0 Å². The monoisotopic (exact) mass is 171 g/mol. The van der Waals surface area contributed by atoms with E-state index in [2.05, 4.69) is 23.9 Å². The lowest BCUT2D eigenvalue weighted by molar-refractivity contribution is -0.141. The van der Waals surface area contributed by atoms with E-state index in [4.69, 9.17) is 0 Å². The van der Waals surface area contributed by atoms with Crippen LogP contribution < -0.4 is 5.32 Å². The van der Waals surface area contributed by atoms with Gasteiger partial charge in [0, 0.05) is 11.6 Å². The third kappa shape index (κ3) is 2.48. The third-order valence-electron chi connectivity index (χ3n) is 2.35. The van der Waals surface area contributed by atoms with Gasteiger partial charge < -0.3 is 10.1 Å². The molecule has 1 aliphatic rings. The molecule has 0 aromatic rings. The first kappa shape index (κ1) is 9.52. The van der Waals surface area contributed by atoms with E-state index in [-0.39, 0.29) is 11.5 Å². The molecule has 0 aromatic carbocycles. The van der Waals surface area contributed by atoms with Crippen LogP contribution in [0.25, 0.3) is 0 Å². The van der Waals surface area contributed by atoms with Gasteiger partial charge in [0.1, 0.15) is 0 Å². The molecule has 12 heavy (non-hydrogen) atoms. The van der Waals surface area contributed by atoms with Gasteiger partial charge in [-0.3, -0.25) is 4.79 Å². The molecule has 0 spiro atoms. The molecule has 1 saturated heterocycles. The molecule has 1 N–H and O–H groups in total. The van der Waals surface area contributed by atoms with Crippen molar-refractivity contribution in [2.75, 3.05) is 7.11 Å². The lowest BCUT2D eigenvalue weighted by Gasteiger charge is -2.19. The van der Waals surface area contributed by atoms with Crippen LogP contribution in [0.2, 0.25) is 0 Å². The standard InChI is InChI=1S/C9H17NO2/c1-9(2)5-4-7(10-9)6-8(11)12-3/h7,10H,4-6H2,1-3H3. The molecule has 0 aliphatic carbocycles. The van der Waals surface area contributed by atoms with Crippen LogP contribution in [0.3, 0.4) is 0 Å². The fraction of sp³-hybridized carbons (Fsp3) is 0.889. The Morgan fingerprint density at radius 2 is 2.33 bits per heavy atom. The fourth-order valence-corrected chi connectivity index (χ4v) is 1.67. The van der Waals surface area contributed by atoms with Gasteiger partial charge in [-0.25, -0.2) is 0 Å². The average molecular weight is 171 g/mol.